The van der Waals surface area contributed by atoms with E-state index in [2.05, 4.69) is 31.9 Å². The lowest BCUT2D eigenvalue weighted by atomic mass is 9.96. The zero-order valence-electron chi connectivity index (χ0n) is 35.6. The topological polar surface area (TPSA) is 306 Å². The van der Waals surface area contributed by atoms with Gasteiger partial charge in [-0.1, -0.05) is 12.1 Å². The lowest BCUT2D eigenvalue weighted by molar-refractivity contribution is -0.132. The van der Waals surface area contributed by atoms with Crippen molar-refractivity contribution in [2.75, 3.05) is 32.7 Å². The van der Waals surface area contributed by atoms with E-state index >= 15 is 0 Å². The SMILES string of the molecule is Cc1cc(-c2ccc(O)c(C[C@H](NC(=O)[C@H](CCCNC(=O)OC(C)(C)C)NC(=O)CNC(=O)OC(C)(C)C)C(=O)NCC(O)CNC(=O)[C@@H](N)CCCN)c2)ccc1O. The average molecular weight is 845 g/mol. The highest BCUT2D eigenvalue weighted by molar-refractivity contribution is 5.93. The third kappa shape index (κ3) is 19.4. The fraction of sp³-hybridized carbons (Fsp3) is 0.561. The van der Waals surface area contributed by atoms with E-state index in [-0.39, 0.29) is 56.0 Å². The smallest absolute Gasteiger partial charge is 0.408 e. The number of phenolic OH excluding ortho intramolecular Hbond substituents is 2. The van der Waals surface area contributed by atoms with Crippen molar-refractivity contribution in [1.29, 1.82) is 0 Å². The van der Waals surface area contributed by atoms with Gasteiger partial charge in [0.2, 0.25) is 23.6 Å². The Morgan fingerprint density at radius 1 is 0.700 bits per heavy atom. The summed E-state index contributed by atoms with van der Waals surface area (Å²) in [6, 6.07) is 6.11. The van der Waals surface area contributed by atoms with Crippen LogP contribution in [0.1, 0.15) is 78.4 Å². The van der Waals surface area contributed by atoms with Crippen molar-refractivity contribution >= 4 is 35.8 Å². The first-order valence-corrected chi connectivity index (χ1v) is 19.8. The molecule has 0 bridgehead atoms. The van der Waals surface area contributed by atoms with E-state index in [0.29, 0.717) is 36.1 Å². The van der Waals surface area contributed by atoms with Crippen LogP contribution in [0.15, 0.2) is 36.4 Å². The van der Waals surface area contributed by atoms with Gasteiger partial charge in [0.05, 0.1) is 12.1 Å². The van der Waals surface area contributed by atoms with Crippen molar-refractivity contribution in [3.63, 3.8) is 0 Å². The molecule has 0 aliphatic rings. The molecule has 2 rings (SSSR count). The van der Waals surface area contributed by atoms with Gasteiger partial charge in [-0.3, -0.25) is 19.2 Å². The van der Waals surface area contributed by atoms with Crippen LogP contribution in [-0.2, 0) is 35.1 Å². The fourth-order valence-corrected chi connectivity index (χ4v) is 5.49. The monoisotopic (exact) mass is 844 g/mol. The van der Waals surface area contributed by atoms with E-state index in [0.717, 1.165) is 0 Å². The summed E-state index contributed by atoms with van der Waals surface area (Å²) < 4.78 is 10.4. The normalized spacial score (nSPS) is 13.4. The number of carbonyl (C=O) groups excluding carboxylic acids is 6. The second kappa shape index (κ2) is 23.8. The number of aliphatic hydroxyl groups excluding tert-OH is 1. The molecule has 0 aliphatic heterocycles. The number of aliphatic hydroxyl groups is 1. The van der Waals surface area contributed by atoms with E-state index in [1.165, 1.54) is 12.1 Å². The maximum absolute atomic E-state index is 14.0. The van der Waals surface area contributed by atoms with Crippen LogP contribution in [0.3, 0.4) is 0 Å². The minimum Gasteiger partial charge on any atom is -0.508 e. The number of hydrogen-bond acceptors (Lipinski definition) is 13. The zero-order chi connectivity index (χ0) is 45.2. The van der Waals surface area contributed by atoms with Gasteiger partial charge in [0, 0.05) is 26.1 Å². The summed E-state index contributed by atoms with van der Waals surface area (Å²) in [5.74, 6) is -2.96. The summed E-state index contributed by atoms with van der Waals surface area (Å²) in [5, 5.41) is 46.8. The number of hydrogen-bond donors (Lipinski definition) is 11. The highest BCUT2D eigenvalue weighted by atomic mass is 16.6. The number of aromatic hydroxyl groups is 2. The van der Waals surface area contributed by atoms with E-state index in [1.807, 2.05) is 0 Å². The molecule has 0 saturated heterocycles. The zero-order valence-corrected chi connectivity index (χ0v) is 35.6. The maximum atomic E-state index is 14.0. The number of carbonyl (C=O) groups is 6. The Hall–Kier alpha value is -5.66. The summed E-state index contributed by atoms with van der Waals surface area (Å²) >= 11 is 0. The van der Waals surface area contributed by atoms with Crippen LogP contribution in [0.4, 0.5) is 9.59 Å². The predicted molar refractivity (Wildman–Crippen MR) is 224 cm³/mol. The van der Waals surface area contributed by atoms with Crippen LogP contribution in [-0.4, -0.2) is 119 Å². The Labute approximate surface area is 351 Å². The van der Waals surface area contributed by atoms with Crippen LogP contribution in [0, 0.1) is 6.92 Å². The van der Waals surface area contributed by atoms with Crippen molar-refractivity contribution < 1.29 is 53.6 Å². The Morgan fingerprint density at radius 2 is 1.27 bits per heavy atom. The molecule has 0 saturated carbocycles. The second-order valence-corrected chi connectivity index (χ2v) is 16.3. The summed E-state index contributed by atoms with van der Waals surface area (Å²) in [6.07, 6.45) is -2.07. The molecule has 0 aliphatic carbocycles. The molecule has 0 aromatic heterocycles. The number of benzene rings is 2. The van der Waals surface area contributed by atoms with E-state index in [4.69, 9.17) is 20.9 Å². The van der Waals surface area contributed by atoms with Crippen LogP contribution in [0.25, 0.3) is 11.1 Å². The predicted octanol–water partition coefficient (Wildman–Crippen LogP) is 1.07. The van der Waals surface area contributed by atoms with Crippen LogP contribution in [0.5, 0.6) is 11.5 Å². The Kier molecular flexibility index (Phi) is 20.0. The van der Waals surface area contributed by atoms with Crippen LogP contribution >= 0.6 is 0 Å². The molecule has 19 heteroatoms. The molecular formula is C41H64N8O11. The molecule has 1 unspecified atom stereocenters. The standard InChI is InChI=1S/C41H64N8O11/c1-24-18-25(12-14-32(24)51)26-13-15-33(52)27(19-26)20-31(36(55)46-22-28(50)21-45-35(54)29(43)10-8-16-42)49-37(56)30(11-9-17-44-38(57)59-40(2,3)4)48-34(53)23-47-39(58)60-41(5,6)7/h12-15,18-19,28-31,50-52H,8-11,16-17,20-23,42-43H2,1-7H3,(H,44,57)(H,45,54)(H,46,55)(H,47,58)(H,48,53)(H,49,56)/t28?,29-,30-,31-/m0/s1. The highest BCUT2D eigenvalue weighted by Gasteiger charge is 2.29. The van der Waals surface area contributed by atoms with Gasteiger partial charge < -0.3 is 68.2 Å². The van der Waals surface area contributed by atoms with Crippen molar-refractivity contribution in [3.05, 3.63) is 47.5 Å². The summed E-state index contributed by atoms with van der Waals surface area (Å²) in [7, 11) is 0. The Balaban J connectivity index is 2.36. The van der Waals surface area contributed by atoms with Gasteiger partial charge in [-0.05, 0) is 127 Å². The second-order valence-electron chi connectivity index (χ2n) is 16.3. The summed E-state index contributed by atoms with van der Waals surface area (Å²) in [4.78, 5) is 77.6. The minimum absolute atomic E-state index is 0.0408. The molecule has 0 heterocycles. The molecule has 2 aromatic carbocycles. The van der Waals surface area contributed by atoms with Gasteiger partial charge in [0.1, 0.15) is 41.3 Å². The lowest BCUT2D eigenvalue weighted by Gasteiger charge is -2.25. The maximum Gasteiger partial charge on any atom is 0.408 e. The van der Waals surface area contributed by atoms with Crippen molar-refractivity contribution in [2.24, 2.45) is 11.5 Å². The number of aryl methyl sites for hydroxylation is 1. The van der Waals surface area contributed by atoms with E-state index < -0.39 is 77.8 Å². The number of nitrogens with two attached hydrogens (primary N) is 2. The van der Waals surface area contributed by atoms with Gasteiger partial charge >= 0.3 is 12.2 Å². The van der Waals surface area contributed by atoms with Gasteiger partial charge in [-0.2, -0.15) is 0 Å². The number of rotatable bonds is 21. The number of nitrogens with one attached hydrogen (secondary N) is 6. The number of ether oxygens (including phenoxy) is 2. The molecule has 334 valence electrons. The van der Waals surface area contributed by atoms with Gasteiger partial charge in [0.15, 0.2) is 0 Å². The van der Waals surface area contributed by atoms with Crippen LogP contribution < -0.4 is 43.4 Å². The average Bonchev–Trinajstić information content (AvgIpc) is 3.15. The molecule has 4 atom stereocenters. The molecular weight excluding hydrogens is 780 g/mol. The highest BCUT2D eigenvalue weighted by Crippen LogP contribution is 2.30. The summed E-state index contributed by atoms with van der Waals surface area (Å²) in [5.41, 5.74) is 11.9. The van der Waals surface area contributed by atoms with Crippen molar-refractivity contribution in [1.82, 2.24) is 31.9 Å². The summed E-state index contributed by atoms with van der Waals surface area (Å²) in [6.45, 7) is 11.0. The first kappa shape index (κ1) is 50.5. The molecule has 6 amide bonds. The Morgan fingerprint density at radius 3 is 1.85 bits per heavy atom. The largest absolute Gasteiger partial charge is 0.508 e. The van der Waals surface area contributed by atoms with Gasteiger partial charge in [-0.15, -0.1) is 0 Å². The molecule has 0 spiro atoms. The molecule has 0 radical (unpaired) electrons. The van der Waals surface area contributed by atoms with Crippen LogP contribution in [0.2, 0.25) is 0 Å². The first-order chi connectivity index (χ1) is 28.0. The third-order valence-electron chi connectivity index (χ3n) is 8.53. The number of phenols is 2. The minimum atomic E-state index is -1.40. The lowest BCUT2D eigenvalue weighted by Crippen LogP contribution is -2.56. The van der Waals surface area contributed by atoms with Gasteiger partial charge in [-0.25, -0.2) is 9.59 Å². The molecule has 13 N–H and O–H groups in total. The number of alkyl carbamates (subject to hydrolysis) is 2. The third-order valence-corrected chi connectivity index (χ3v) is 8.53. The molecule has 19 nitrogen and oxygen atoms in total. The Bertz CT molecular complexity index is 1780. The quantitative estimate of drug-likeness (QED) is 0.0785. The van der Waals surface area contributed by atoms with Crippen molar-refractivity contribution in [3.8, 4) is 22.6 Å². The first-order valence-electron chi connectivity index (χ1n) is 19.8. The fourth-order valence-electron chi connectivity index (χ4n) is 5.49. The molecule has 2 aromatic rings. The number of amides is 6. The van der Waals surface area contributed by atoms with Gasteiger partial charge in [0.25, 0.3) is 0 Å². The van der Waals surface area contributed by atoms with Crippen molar-refractivity contribution in [2.45, 2.75) is 116 Å². The van der Waals surface area contributed by atoms with E-state index in [1.54, 1.807) is 72.7 Å². The molecule has 0 fully saturated rings. The van der Waals surface area contributed by atoms with E-state index in [9.17, 15) is 44.1 Å². The molecule has 60 heavy (non-hydrogen) atoms.